The van der Waals surface area contributed by atoms with E-state index in [9.17, 15) is 18.3 Å². The molecular formula is C15H10Cl2NO6S-. The van der Waals surface area contributed by atoms with Crippen LogP contribution < -0.4 is 19.3 Å². The minimum absolute atomic E-state index is 0.199. The van der Waals surface area contributed by atoms with Crippen molar-refractivity contribution >= 4 is 44.9 Å². The zero-order valence-corrected chi connectivity index (χ0v) is 14.7. The fraction of sp³-hybridized carbons (Fsp3) is 0.133. The number of ether oxygens (including phenoxy) is 2. The van der Waals surface area contributed by atoms with E-state index in [0.717, 1.165) is 12.1 Å². The van der Waals surface area contributed by atoms with Crippen molar-refractivity contribution in [1.29, 1.82) is 0 Å². The Morgan fingerprint density at radius 1 is 1.04 bits per heavy atom. The summed E-state index contributed by atoms with van der Waals surface area (Å²) in [6.45, 7) is 0.756. The smallest absolute Gasteiger partial charge is 0.263 e. The highest BCUT2D eigenvalue weighted by Crippen LogP contribution is 2.34. The van der Waals surface area contributed by atoms with E-state index >= 15 is 0 Å². The Hall–Kier alpha value is -2.16. The molecule has 0 saturated heterocycles. The third-order valence-corrected chi connectivity index (χ3v) is 5.48. The molecule has 3 rings (SSSR count). The van der Waals surface area contributed by atoms with Crippen LogP contribution in [0.25, 0.3) is 0 Å². The fourth-order valence-corrected chi connectivity index (χ4v) is 4.11. The number of carboxylic acids is 1. The van der Waals surface area contributed by atoms with Gasteiger partial charge in [0, 0.05) is 11.6 Å². The van der Waals surface area contributed by atoms with E-state index in [0.29, 0.717) is 24.7 Å². The molecule has 10 heteroatoms. The Balaban J connectivity index is 1.97. The second-order valence-electron chi connectivity index (χ2n) is 5.01. The quantitative estimate of drug-likeness (QED) is 0.837. The normalized spacial score (nSPS) is 13.4. The molecule has 0 radical (unpaired) electrons. The molecule has 1 N–H and O–H groups in total. The topological polar surface area (TPSA) is 105 Å². The average molecular weight is 403 g/mol. The summed E-state index contributed by atoms with van der Waals surface area (Å²) in [5.41, 5.74) is -0.279. The van der Waals surface area contributed by atoms with Crippen LogP contribution in [0.4, 0.5) is 5.69 Å². The number of carbonyl (C=O) groups excluding carboxylic acids is 1. The Kier molecular flexibility index (Phi) is 4.68. The van der Waals surface area contributed by atoms with E-state index in [2.05, 4.69) is 4.72 Å². The highest BCUT2D eigenvalue weighted by Gasteiger charge is 2.22. The molecule has 25 heavy (non-hydrogen) atoms. The predicted molar refractivity (Wildman–Crippen MR) is 89.0 cm³/mol. The van der Waals surface area contributed by atoms with Gasteiger partial charge in [-0.2, -0.15) is 0 Å². The molecule has 1 heterocycles. The van der Waals surface area contributed by atoms with Gasteiger partial charge in [0.05, 0.1) is 21.7 Å². The lowest BCUT2D eigenvalue weighted by molar-refractivity contribution is -0.255. The number of carboxylic acid groups (broad SMARTS) is 1. The summed E-state index contributed by atoms with van der Waals surface area (Å²) < 4.78 is 38.2. The number of halogens is 2. The minimum Gasteiger partial charge on any atom is -0.545 e. The molecule has 2 aromatic carbocycles. The molecule has 0 spiro atoms. The van der Waals surface area contributed by atoms with Gasteiger partial charge in [-0.1, -0.05) is 23.2 Å². The number of nitrogens with one attached hydrogen (secondary N) is 1. The molecule has 132 valence electrons. The highest BCUT2D eigenvalue weighted by atomic mass is 35.5. The minimum atomic E-state index is -4.17. The summed E-state index contributed by atoms with van der Waals surface area (Å²) in [6.07, 6.45) is 0. The van der Waals surface area contributed by atoms with E-state index in [-0.39, 0.29) is 15.7 Å². The van der Waals surface area contributed by atoms with E-state index in [4.69, 9.17) is 32.7 Å². The van der Waals surface area contributed by atoms with Gasteiger partial charge in [0.2, 0.25) is 0 Å². The first-order valence-electron chi connectivity index (χ1n) is 6.91. The van der Waals surface area contributed by atoms with Crippen LogP contribution in [0.1, 0.15) is 10.4 Å². The van der Waals surface area contributed by atoms with Crippen LogP contribution in [0.3, 0.4) is 0 Å². The van der Waals surface area contributed by atoms with Crippen LogP contribution in [-0.4, -0.2) is 27.6 Å². The van der Waals surface area contributed by atoms with E-state index < -0.39 is 26.5 Å². The number of fused-ring (bicyclic) bond motifs is 1. The van der Waals surface area contributed by atoms with Crippen LogP contribution in [0.2, 0.25) is 10.0 Å². The molecule has 2 aromatic rings. The Morgan fingerprint density at radius 2 is 1.72 bits per heavy atom. The van der Waals surface area contributed by atoms with Gasteiger partial charge in [0.1, 0.15) is 18.1 Å². The molecule has 1 aliphatic heterocycles. The summed E-state index contributed by atoms with van der Waals surface area (Å²) in [5, 5.41) is 10.6. The van der Waals surface area contributed by atoms with E-state index in [1.54, 1.807) is 6.07 Å². The van der Waals surface area contributed by atoms with Crippen LogP contribution in [-0.2, 0) is 10.0 Å². The molecular weight excluding hydrogens is 393 g/mol. The second kappa shape index (κ2) is 6.62. The molecule has 7 nitrogen and oxygen atoms in total. The molecule has 0 unspecified atom stereocenters. The molecule has 0 atom stereocenters. The molecule has 0 aliphatic carbocycles. The summed E-state index contributed by atoms with van der Waals surface area (Å²) >= 11 is 11.6. The third kappa shape index (κ3) is 3.60. The Labute approximate surface area is 153 Å². The standard InChI is InChI=1S/C15H11Cl2NO6S/c16-10-7-11(17)14(6-9(10)15(19)20)25(21,22)18-8-1-2-12-13(5-8)24-4-3-23-12/h1-2,5-7,18H,3-4H2,(H,19,20)/p-1. The van der Waals surface area contributed by atoms with E-state index in [1.165, 1.54) is 12.1 Å². The van der Waals surface area contributed by atoms with Crippen molar-refractivity contribution in [2.45, 2.75) is 4.90 Å². The predicted octanol–water partition coefficient (Wildman–Crippen LogP) is 1.93. The van der Waals surface area contributed by atoms with Crippen LogP contribution in [0.15, 0.2) is 35.2 Å². The number of aromatic carboxylic acids is 1. The highest BCUT2D eigenvalue weighted by molar-refractivity contribution is 7.92. The van der Waals surface area contributed by atoms with E-state index in [1.807, 2.05) is 0 Å². The zero-order chi connectivity index (χ0) is 18.2. The lowest BCUT2D eigenvalue weighted by atomic mass is 10.2. The van der Waals surface area contributed by atoms with Crippen molar-refractivity contribution in [3.63, 3.8) is 0 Å². The van der Waals surface area contributed by atoms with Crippen molar-refractivity contribution in [3.05, 3.63) is 45.9 Å². The monoisotopic (exact) mass is 402 g/mol. The van der Waals surface area contributed by atoms with Crippen LogP contribution in [0, 0.1) is 0 Å². The van der Waals surface area contributed by atoms with Gasteiger partial charge in [-0.25, -0.2) is 8.42 Å². The van der Waals surface area contributed by atoms with Gasteiger partial charge in [0.15, 0.2) is 11.5 Å². The number of benzene rings is 2. The van der Waals surface area contributed by atoms with Crippen molar-refractivity contribution in [2.24, 2.45) is 0 Å². The number of rotatable bonds is 4. The Bertz CT molecular complexity index is 961. The zero-order valence-electron chi connectivity index (χ0n) is 12.4. The molecule has 0 bridgehead atoms. The fourth-order valence-electron chi connectivity index (χ4n) is 2.21. The summed E-state index contributed by atoms with van der Waals surface area (Å²) in [4.78, 5) is 10.6. The van der Waals surface area contributed by atoms with Gasteiger partial charge in [-0.15, -0.1) is 0 Å². The van der Waals surface area contributed by atoms with Gasteiger partial charge < -0.3 is 19.4 Å². The van der Waals surface area contributed by atoms with Crippen LogP contribution >= 0.6 is 23.2 Å². The van der Waals surface area contributed by atoms with Crippen molar-refractivity contribution in [1.82, 2.24) is 0 Å². The maximum Gasteiger partial charge on any atom is 0.263 e. The van der Waals surface area contributed by atoms with Crippen molar-refractivity contribution < 1.29 is 27.8 Å². The lowest BCUT2D eigenvalue weighted by Crippen LogP contribution is -2.23. The first kappa shape index (κ1) is 17.7. The van der Waals surface area contributed by atoms with Gasteiger partial charge in [-0.3, -0.25) is 4.72 Å². The maximum atomic E-state index is 12.6. The average Bonchev–Trinajstić information content (AvgIpc) is 2.53. The first-order chi connectivity index (χ1) is 11.8. The van der Waals surface area contributed by atoms with Gasteiger partial charge >= 0.3 is 0 Å². The lowest BCUT2D eigenvalue weighted by Gasteiger charge is -2.19. The maximum absolute atomic E-state index is 12.6. The molecule has 0 amide bonds. The number of hydrogen-bond donors (Lipinski definition) is 1. The van der Waals surface area contributed by atoms with Gasteiger partial charge in [-0.05, 0) is 24.3 Å². The number of hydrogen-bond acceptors (Lipinski definition) is 6. The molecule has 0 fully saturated rings. The number of anilines is 1. The first-order valence-corrected chi connectivity index (χ1v) is 9.15. The summed E-state index contributed by atoms with van der Waals surface area (Å²) in [5.74, 6) is -0.723. The number of carbonyl (C=O) groups is 1. The Morgan fingerprint density at radius 3 is 2.40 bits per heavy atom. The van der Waals surface area contributed by atoms with Crippen LogP contribution in [0.5, 0.6) is 11.5 Å². The summed E-state index contributed by atoms with van der Waals surface area (Å²) in [6, 6.07) is 6.37. The summed E-state index contributed by atoms with van der Waals surface area (Å²) in [7, 11) is -4.17. The third-order valence-electron chi connectivity index (χ3n) is 3.33. The molecule has 0 aromatic heterocycles. The second-order valence-corrected chi connectivity index (χ2v) is 7.48. The largest absolute Gasteiger partial charge is 0.545 e. The number of sulfonamides is 1. The molecule has 1 aliphatic rings. The molecule has 0 saturated carbocycles. The van der Waals surface area contributed by atoms with Gasteiger partial charge in [0.25, 0.3) is 10.0 Å². The SMILES string of the molecule is O=C([O-])c1cc(S(=O)(=O)Nc2ccc3c(c2)OCCO3)c(Cl)cc1Cl. The van der Waals surface area contributed by atoms with Crippen molar-refractivity contribution in [3.8, 4) is 11.5 Å². The van der Waals surface area contributed by atoms with Crippen molar-refractivity contribution in [2.75, 3.05) is 17.9 Å².